The van der Waals surface area contributed by atoms with E-state index >= 15 is 0 Å². The zero-order valence-corrected chi connectivity index (χ0v) is 18.5. The topological polar surface area (TPSA) is 108 Å². The third kappa shape index (κ3) is 4.10. The van der Waals surface area contributed by atoms with E-state index in [2.05, 4.69) is 10.2 Å². The van der Waals surface area contributed by atoms with Gasteiger partial charge in [0.25, 0.3) is 5.91 Å². The number of aromatic nitrogens is 2. The van der Waals surface area contributed by atoms with E-state index in [1.165, 1.54) is 12.1 Å². The predicted octanol–water partition coefficient (Wildman–Crippen LogP) is 3.70. The molecular weight excluding hydrogens is 434 g/mol. The van der Waals surface area contributed by atoms with E-state index in [0.717, 1.165) is 11.3 Å². The lowest BCUT2D eigenvalue weighted by Gasteiger charge is -2.37. The van der Waals surface area contributed by atoms with E-state index in [0.29, 0.717) is 53.9 Å². The maximum absolute atomic E-state index is 13.4. The number of rotatable bonds is 5. The van der Waals surface area contributed by atoms with Gasteiger partial charge in [-0.2, -0.15) is 5.10 Å². The molecule has 1 fully saturated rings. The molecule has 0 unspecified atom stereocenters. The molecule has 2 N–H and O–H groups in total. The number of halogens is 1. The molecule has 1 aliphatic heterocycles. The molecule has 2 aromatic carbocycles. The van der Waals surface area contributed by atoms with Crippen molar-refractivity contribution in [3.63, 3.8) is 0 Å². The molecule has 2 heterocycles. The lowest BCUT2D eigenvalue weighted by atomic mass is 10.0. The van der Waals surface area contributed by atoms with Gasteiger partial charge in [-0.3, -0.25) is 15.1 Å². The van der Waals surface area contributed by atoms with Crippen LogP contribution < -0.4 is 14.9 Å². The van der Waals surface area contributed by atoms with Gasteiger partial charge in [0.2, 0.25) is 0 Å². The van der Waals surface area contributed by atoms with Gasteiger partial charge in [0.1, 0.15) is 11.4 Å². The summed E-state index contributed by atoms with van der Waals surface area (Å²) in [6.45, 7) is 3.98. The van der Waals surface area contributed by atoms with E-state index in [-0.39, 0.29) is 16.8 Å². The molecule has 0 radical (unpaired) electrons. The van der Waals surface area contributed by atoms with Crippen molar-refractivity contribution in [3.8, 4) is 17.0 Å². The molecule has 32 heavy (non-hydrogen) atoms. The van der Waals surface area contributed by atoms with E-state index in [4.69, 9.17) is 21.5 Å². The summed E-state index contributed by atoms with van der Waals surface area (Å²) in [5.41, 5.74) is 3.36. The number of para-hydroxylation sites is 1. The Balaban J connectivity index is 1.52. The molecular formula is C22H23ClN5O4-. The number of aromatic amines is 1. The molecule has 1 saturated heterocycles. The Morgan fingerprint density at radius 1 is 1.22 bits per heavy atom. The monoisotopic (exact) mass is 456 g/mol. The lowest BCUT2D eigenvalue weighted by Crippen LogP contribution is -2.49. The number of amides is 1. The van der Waals surface area contributed by atoms with Crippen molar-refractivity contribution in [2.24, 2.45) is 0 Å². The van der Waals surface area contributed by atoms with E-state index in [1.807, 2.05) is 36.1 Å². The van der Waals surface area contributed by atoms with Crippen LogP contribution in [0.1, 0.15) is 16.1 Å². The molecule has 1 aliphatic rings. The number of H-pyrrole nitrogens is 1. The second-order valence-electron chi connectivity index (χ2n) is 7.46. The predicted molar refractivity (Wildman–Crippen MR) is 123 cm³/mol. The highest BCUT2D eigenvalue weighted by atomic mass is 35.5. The van der Waals surface area contributed by atoms with Crippen LogP contribution in [0, 0.1) is 12.1 Å². The maximum atomic E-state index is 13.4. The van der Waals surface area contributed by atoms with Crippen LogP contribution in [0.25, 0.3) is 11.3 Å². The summed E-state index contributed by atoms with van der Waals surface area (Å²) >= 11 is 6.30. The SMILES string of the molecule is COc1ccccc1-c1n[nH]c(C)c1C(=O)N1CCN(c2ccc(N([O-])O)cc2Cl)CC1. The Morgan fingerprint density at radius 3 is 2.59 bits per heavy atom. The molecule has 0 aliphatic carbocycles. The van der Waals surface area contributed by atoms with Gasteiger partial charge < -0.3 is 25.0 Å². The number of hydrogen-bond acceptors (Lipinski definition) is 7. The second kappa shape index (κ2) is 9.07. The quantitative estimate of drug-likeness (QED) is 0.563. The van der Waals surface area contributed by atoms with Gasteiger partial charge >= 0.3 is 0 Å². The van der Waals surface area contributed by atoms with Gasteiger partial charge in [-0.15, -0.1) is 0 Å². The summed E-state index contributed by atoms with van der Waals surface area (Å²) in [5.74, 6) is 0.552. The molecule has 4 rings (SSSR count). The molecule has 0 saturated carbocycles. The third-order valence-corrected chi connectivity index (χ3v) is 5.89. The average molecular weight is 457 g/mol. The smallest absolute Gasteiger partial charge is 0.258 e. The van der Waals surface area contributed by atoms with Crippen LogP contribution in [0.15, 0.2) is 42.5 Å². The number of ether oxygens (including phenoxy) is 1. The Labute approximate surface area is 190 Å². The fourth-order valence-corrected chi connectivity index (χ4v) is 4.20. The standard InChI is InChI=1S/C22H23ClN5O4/c1-14-20(21(25-24-14)16-5-3-4-6-19(16)32-2)22(29)27-11-9-26(10-12-27)18-8-7-15(28(30)31)13-17(18)23/h3-8,13,30H,9-12H2,1-2H3,(H,24,25)/q-1. The Hall–Kier alpha value is -3.27. The minimum absolute atomic E-state index is 0.0619. The highest BCUT2D eigenvalue weighted by Crippen LogP contribution is 2.33. The summed E-state index contributed by atoms with van der Waals surface area (Å²) in [7, 11) is 1.59. The third-order valence-electron chi connectivity index (χ3n) is 5.58. The van der Waals surface area contributed by atoms with Crippen molar-refractivity contribution in [3.05, 3.63) is 64.0 Å². The number of carbonyl (C=O) groups excluding carboxylic acids is 1. The molecule has 3 aromatic rings. The highest BCUT2D eigenvalue weighted by Gasteiger charge is 2.28. The van der Waals surface area contributed by atoms with Gasteiger partial charge in [0, 0.05) is 37.4 Å². The maximum Gasteiger partial charge on any atom is 0.258 e. The van der Waals surface area contributed by atoms with Crippen molar-refractivity contribution < 1.29 is 14.7 Å². The van der Waals surface area contributed by atoms with Crippen LogP contribution in [0.3, 0.4) is 0 Å². The largest absolute Gasteiger partial charge is 0.733 e. The van der Waals surface area contributed by atoms with Gasteiger partial charge in [0.05, 0.1) is 29.1 Å². The molecule has 10 heteroatoms. The van der Waals surface area contributed by atoms with Gasteiger partial charge in [-0.1, -0.05) is 23.7 Å². The van der Waals surface area contributed by atoms with Crippen molar-refractivity contribution >= 4 is 28.9 Å². The minimum atomic E-state index is -0.223. The first-order valence-corrected chi connectivity index (χ1v) is 10.5. The highest BCUT2D eigenvalue weighted by molar-refractivity contribution is 6.33. The van der Waals surface area contributed by atoms with Crippen LogP contribution >= 0.6 is 11.6 Å². The first kappa shape index (κ1) is 21.9. The zero-order valence-electron chi connectivity index (χ0n) is 17.7. The number of benzene rings is 2. The molecule has 1 aromatic heterocycles. The number of methoxy groups -OCH3 is 1. The fourth-order valence-electron chi connectivity index (χ4n) is 3.91. The van der Waals surface area contributed by atoms with Crippen molar-refractivity contribution in [1.82, 2.24) is 15.1 Å². The van der Waals surface area contributed by atoms with Crippen molar-refractivity contribution in [2.75, 3.05) is 43.4 Å². The summed E-state index contributed by atoms with van der Waals surface area (Å²) in [6.07, 6.45) is 0. The van der Waals surface area contributed by atoms with E-state index in [9.17, 15) is 10.0 Å². The van der Waals surface area contributed by atoms with Crippen molar-refractivity contribution in [2.45, 2.75) is 6.92 Å². The normalized spacial score (nSPS) is 13.9. The number of nitrogens with zero attached hydrogens (tertiary/aromatic N) is 4. The molecule has 9 nitrogen and oxygen atoms in total. The Kier molecular flexibility index (Phi) is 6.22. The molecule has 0 bridgehead atoms. The van der Waals surface area contributed by atoms with Gasteiger partial charge in [-0.25, -0.2) is 0 Å². The first-order chi connectivity index (χ1) is 15.4. The molecule has 0 atom stereocenters. The van der Waals surface area contributed by atoms with Crippen LogP contribution in [0.5, 0.6) is 5.75 Å². The average Bonchev–Trinajstić information content (AvgIpc) is 3.19. The number of hydrogen-bond donors (Lipinski definition) is 2. The molecule has 0 spiro atoms. The number of piperazine rings is 1. The second-order valence-corrected chi connectivity index (χ2v) is 7.87. The molecule has 168 valence electrons. The minimum Gasteiger partial charge on any atom is -0.733 e. The summed E-state index contributed by atoms with van der Waals surface area (Å²) < 4.78 is 5.45. The lowest BCUT2D eigenvalue weighted by molar-refractivity contribution is 0.0747. The van der Waals surface area contributed by atoms with Crippen LogP contribution in [-0.2, 0) is 0 Å². The number of aryl methyl sites for hydroxylation is 1. The van der Waals surface area contributed by atoms with E-state index in [1.54, 1.807) is 18.1 Å². The van der Waals surface area contributed by atoms with Gasteiger partial charge in [0.15, 0.2) is 0 Å². The Morgan fingerprint density at radius 2 is 1.94 bits per heavy atom. The first-order valence-electron chi connectivity index (χ1n) is 10.1. The summed E-state index contributed by atoms with van der Waals surface area (Å²) in [4.78, 5) is 17.3. The van der Waals surface area contributed by atoms with Crippen LogP contribution in [0.2, 0.25) is 5.02 Å². The van der Waals surface area contributed by atoms with Crippen LogP contribution in [0.4, 0.5) is 11.4 Å². The summed E-state index contributed by atoms with van der Waals surface area (Å²) in [6, 6.07) is 12.1. The van der Waals surface area contributed by atoms with Gasteiger partial charge in [-0.05, 0) is 37.3 Å². The van der Waals surface area contributed by atoms with Crippen LogP contribution in [-0.4, -0.2) is 59.5 Å². The van der Waals surface area contributed by atoms with E-state index < -0.39 is 0 Å². The van der Waals surface area contributed by atoms with Crippen molar-refractivity contribution in [1.29, 1.82) is 0 Å². The number of anilines is 2. The summed E-state index contributed by atoms with van der Waals surface area (Å²) in [5, 5.41) is 27.5. The number of carbonyl (C=O) groups is 1. The Bertz CT molecular complexity index is 1130. The fraction of sp³-hybridized carbons (Fsp3) is 0.273. The molecule has 1 amide bonds. The number of nitrogens with one attached hydrogen (secondary N) is 1. The zero-order chi connectivity index (χ0) is 22.8.